The minimum atomic E-state index is -0.689. The lowest BCUT2D eigenvalue weighted by molar-refractivity contribution is -0.112. The second-order valence-corrected chi connectivity index (χ2v) is 7.89. The van der Waals surface area contributed by atoms with Crippen LogP contribution in [0.3, 0.4) is 0 Å². The summed E-state index contributed by atoms with van der Waals surface area (Å²) in [5.41, 5.74) is 3.65. The average Bonchev–Trinajstić information content (AvgIpc) is 2.86. The molecule has 1 aliphatic rings. The number of nitrogens with zero attached hydrogens (tertiary/aromatic N) is 1. The van der Waals surface area contributed by atoms with Crippen LogP contribution >= 0.6 is 0 Å². The Labute approximate surface area is 195 Å². The number of hydrogen-bond donors (Lipinski definition) is 1. The standard InChI is InChI=1S/C27H30N2O4/c1-21(32-2)26(20-30)28-27(31)25-13-11-23(12-14-25)6-4-3-5-22-7-9-24(10-8-22)19-29-15-17-33-18-16-29/h4,6-14,20-21,26H,15-19H2,1-2H3,(H,28,31)/b6-4+. The molecule has 2 aromatic carbocycles. The van der Waals surface area contributed by atoms with E-state index >= 15 is 0 Å². The summed E-state index contributed by atoms with van der Waals surface area (Å²) in [6, 6.07) is 14.7. The van der Waals surface area contributed by atoms with Crippen LogP contribution < -0.4 is 5.32 Å². The molecule has 1 N–H and O–H groups in total. The molecule has 0 radical (unpaired) electrons. The molecule has 3 rings (SSSR count). The van der Waals surface area contributed by atoms with Crippen molar-refractivity contribution < 1.29 is 19.1 Å². The van der Waals surface area contributed by atoms with Crippen LogP contribution in [0.25, 0.3) is 6.08 Å². The second kappa shape index (κ2) is 12.7. The lowest BCUT2D eigenvalue weighted by atomic mass is 10.1. The van der Waals surface area contributed by atoms with Crippen LogP contribution in [0.15, 0.2) is 54.6 Å². The van der Waals surface area contributed by atoms with E-state index in [-0.39, 0.29) is 5.91 Å². The smallest absolute Gasteiger partial charge is 0.251 e. The Morgan fingerprint density at radius 1 is 1.15 bits per heavy atom. The quantitative estimate of drug-likeness (QED) is 0.499. The number of carbonyl (C=O) groups excluding carboxylic acids is 2. The number of methoxy groups -OCH3 is 1. The van der Waals surface area contributed by atoms with Crippen molar-refractivity contribution in [3.05, 3.63) is 76.9 Å². The van der Waals surface area contributed by atoms with Crippen molar-refractivity contribution in [1.82, 2.24) is 10.2 Å². The van der Waals surface area contributed by atoms with Crippen LogP contribution in [-0.2, 0) is 20.8 Å². The number of carbonyl (C=O) groups is 2. The van der Waals surface area contributed by atoms with Crippen molar-refractivity contribution in [3.8, 4) is 11.8 Å². The predicted octanol–water partition coefficient (Wildman–Crippen LogP) is 2.92. The fourth-order valence-corrected chi connectivity index (χ4v) is 3.36. The molecule has 1 amide bonds. The molecule has 0 aliphatic carbocycles. The van der Waals surface area contributed by atoms with Crippen LogP contribution in [0.1, 0.15) is 34.0 Å². The monoisotopic (exact) mass is 446 g/mol. The third kappa shape index (κ3) is 7.69. The van der Waals surface area contributed by atoms with Crippen molar-refractivity contribution >= 4 is 18.3 Å². The number of morpholine rings is 1. The summed E-state index contributed by atoms with van der Waals surface area (Å²) in [7, 11) is 1.50. The zero-order valence-corrected chi connectivity index (χ0v) is 19.1. The molecule has 1 aliphatic heterocycles. The Bertz CT molecular complexity index is 997. The first-order valence-corrected chi connectivity index (χ1v) is 11.0. The maximum absolute atomic E-state index is 12.3. The van der Waals surface area contributed by atoms with E-state index in [1.807, 2.05) is 30.3 Å². The molecule has 2 atom stereocenters. The number of rotatable bonds is 8. The summed E-state index contributed by atoms with van der Waals surface area (Å²) in [5.74, 6) is 5.88. The fraction of sp³-hybridized carbons (Fsp3) is 0.333. The van der Waals surface area contributed by atoms with E-state index in [9.17, 15) is 9.59 Å². The first kappa shape index (κ1) is 24.4. The maximum atomic E-state index is 12.3. The Morgan fingerprint density at radius 2 is 1.85 bits per heavy atom. The van der Waals surface area contributed by atoms with E-state index in [4.69, 9.17) is 9.47 Å². The number of nitrogens with one attached hydrogen (secondary N) is 1. The van der Waals surface area contributed by atoms with Gasteiger partial charge in [-0.2, -0.15) is 0 Å². The van der Waals surface area contributed by atoms with Gasteiger partial charge in [0.15, 0.2) is 0 Å². The summed E-state index contributed by atoms with van der Waals surface area (Å²) in [4.78, 5) is 25.9. The van der Waals surface area contributed by atoms with E-state index in [1.165, 1.54) is 12.7 Å². The van der Waals surface area contributed by atoms with Gasteiger partial charge in [0, 0.05) is 37.9 Å². The highest BCUT2D eigenvalue weighted by atomic mass is 16.5. The molecule has 1 heterocycles. The summed E-state index contributed by atoms with van der Waals surface area (Å²) in [6.45, 7) is 6.23. The molecule has 2 unspecified atom stereocenters. The van der Waals surface area contributed by atoms with Crippen LogP contribution in [-0.4, -0.2) is 62.7 Å². The van der Waals surface area contributed by atoms with Crippen LogP contribution in [0.5, 0.6) is 0 Å². The Morgan fingerprint density at radius 3 is 2.48 bits per heavy atom. The SMILES string of the molecule is COC(C)C(C=O)NC(=O)c1ccc(/C=C/C#Cc2ccc(CN3CCOCC3)cc2)cc1. The summed E-state index contributed by atoms with van der Waals surface area (Å²) >= 11 is 0. The van der Waals surface area contributed by atoms with Gasteiger partial charge in [-0.25, -0.2) is 0 Å². The fourth-order valence-electron chi connectivity index (χ4n) is 3.36. The van der Waals surface area contributed by atoms with E-state index in [2.05, 4.69) is 34.2 Å². The van der Waals surface area contributed by atoms with Gasteiger partial charge >= 0.3 is 0 Å². The Balaban J connectivity index is 1.51. The first-order chi connectivity index (χ1) is 16.1. The molecule has 1 saturated heterocycles. The lowest BCUT2D eigenvalue weighted by Gasteiger charge is -2.26. The van der Waals surface area contributed by atoms with Gasteiger partial charge < -0.3 is 19.6 Å². The van der Waals surface area contributed by atoms with Crippen LogP contribution in [0.2, 0.25) is 0 Å². The van der Waals surface area contributed by atoms with Crippen molar-refractivity contribution in [2.45, 2.75) is 25.6 Å². The second-order valence-electron chi connectivity index (χ2n) is 7.89. The van der Waals surface area contributed by atoms with Gasteiger partial charge in [0.05, 0.1) is 19.3 Å². The van der Waals surface area contributed by atoms with E-state index < -0.39 is 12.1 Å². The Kier molecular flexibility index (Phi) is 9.40. The van der Waals surface area contributed by atoms with E-state index in [1.54, 1.807) is 25.1 Å². The Hall–Kier alpha value is -3.24. The molecular weight excluding hydrogens is 416 g/mol. The number of allylic oxidation sites excluding steroid dienone is 1. The third-order valence-electron chi connectivity index (χ3n) is 5.53. The first-order valence-electron chi connectivity index (χ1n) is 11.0. The molecule has 0 spiro atoms. The number of amides is 1. The molecule has 0 aromatic heterocycles. The minimum Gasteiger partial charge on any atom is -0.379 e. The van der Waals surface area contributed by atoms with Crippen molar-refractivity contribution in [2.75, 3.05) is 33.4 Å². The van der Waals surface area contributed by atoms with Crippen LogP contribution in [0, 0.1) is 11.8 Å². The average molecular weight is 447 g/mol. The normalized spacial score (nSPS) is 15.9. The van der Waals surface area contributed by atoms with Crippen molar-refractivity contribution in [2.24, 2.45) is 0 Å². The summed E-state index contributed by atoms with van der Waals surface area (Å²) in [5, 5.41) is 2.67. The van der Waals surface area contributed by atoms with Gasteiger partial charge in [0.25, 0.3) is 5.91 Å². The largest absolute Gasteiger partial charge is 0.379 e. The van der Waals surface area contributed by atoms with Crippen molar-refractivity contribution in [1.29, 1.82) is 0 Å². The van der Waals surface area contributed by atoms with Gasteiger partial charge in [-0.05, 0) is 54.5 Å². The predicted molar refractivity (Wildman–Crippen MR) is 129 cm³/mol. The van der Waals surface area contributed by atoms with Gasteiger partial charge in [-0.1, -0.05) is 36.1 Å². The molecule has 0 saturated carbocycles. The van der Waals surface area contributed by atoms with E-state index in [0.717, 1.165) is 44.0 Å². The van der Waals surface area contributed by atoms with Crippen LogP contribution in [0.4, 0.5) is 0 Å². The molecule has 6 heteroatoms. The highest BCUT2D eigenvalue weighted by Crippen LogP contribution is 2.10. The molecule has 0 bridgehead atoms. The number of benzene rings is 2. The molecule has 6 nitrogen and oxygen atoms in total. The summed E-state index contributed by atoms with van der Waals surface area (Å²) < 4.78 is 10.5. The van der Waals surface area contributed by atoms with Gasteiger partial charge in [-0.3, -0.25) is 9.69 Å². The number of aldehydes is 1. The zero-order chi connectivity index (χ0) is 23.5. The molecule has 2 aromatic rings. The molecular formula is C27H30N2O4. The zero-order valence-electron chi connectivity index (χ0n) is 19.1. The molecule has 1 fully saturated rings. The number of ether oxygens (including phenoxy) is 2. The topological polar surface area (TPSA) is 67.9 Å². The summed E-state index contributed by atoms with van der Waals surface area (Å²) in [6.07, 6.45) is 3.97. The lowest BCUT2D eigenvalue weighted by Crippen LogP contribution is -2.44. The van der Waals surface area contributed by atoms with Gasteiger partial charge in [-0.15, -0.1) is 0 Å². The maximum Gasteiger partial charge on any atom is 0.251 e. The molecule has 33 heavy (non-hydrogen) atoms. The van der Waals surface area contributed by atoms with Crippen molar-refractivity contribution in [3.63, 3.8) is 0 Å². The van der Waals surface area contributed by atoms with Gasteiger partial charge in [0.1, 0.15) is 12.3 Å². The van der Waals surface area contributed by atoms with Gasteiger partial charge in [0.2, 0.25) is 0 Å². The number of hydrogen-bond acceptors (Lipinski definition) is 5. The van der Waals surface area contributed by atoms with E-state index in [0.29, 0.717) is 11.8 Å². The molecule has 172 valence electrons. The highest BCUT2D eigenvalue weighted by Gasteiger charge is 2.19. The third-order valence-corrected chi connectivity index (χ3v) is 5.53. The minimum absolute atomic E-state index is 0.316. The highest BCUT2D eigenvalue weighted by molar-refractivity contribution is 5.95.